The van der Waals surface area contributed by atoms with Gasteiger partial charge in [-0.25, -0.2) is 0 Å². The van der Waals surface area contributed by atoms with E-state index in [0.29, 0.717) is 24.3 Å². The highest BCUT2D eigenvalue weighted by Crippen LogP contribution is 2.33. The number of anilines is 2. The van der Waals surface area contributed by atoms with Gasteiger partial charge in [-0.3, -0.25) is 14.5 Å². The van der Waals surface area contributed by atoms with Crippen LogP contribution >= 0.6 is 0 Å². The molecule has 2 aromatic rings. The first-order chi connectivity index (χ1) is 15.6. The smallest absolute Gasteiger partial charge is 0.232 e. The first kappa shape index (κ1) is 20.7. The summed E-state index contributed by atoms with van der Waals surface area (Å²) in [7, 11) is 0. The fourth-order valence-corrected chi connectivity index (χ4v) is 4.89. The number of benzene rings is 2. The van der Waals surface area contributed by atoms with Crippen LogP contribution in [0.4, 0.5) is 11.4 Å². The summed E-state index contributed by atoms with van der Waals surface area (Å²) in [5, 5.41) is 9.14. The average Bonchev–Trinajstić information content (AvgIpc) is 3.42. The van der Waals surface area contributed by atoms with E-state index < -0.39 is 0 Å². The average molecular weight is 431 g/mol. The minimum atomic E-state index is -0.368. The highest BCUT2D eigenvalue weighted by molar-refractivity contribution is 6.05. The molecule has 1 atom stereocenters. The van der Waals surface area contributed by atoms with Gasteiger partial charge in [-0.05, 0) is 41.8 Å². The quantitative estimate of drug-likeness (QED) is 0.744. The molecule has 2 fully saturated rings. The van der Waals surface area contributed by atoms with Crippen molar-refractivity contribution in [2.45, 2.75) is 19.4 Å². The molecule has 0 bridgehead atoms. The van der Waals surface area contributed by atoms with Crippen LogP contribution in [-0.4, -0.2) is 56.1 Å². The second-order valence-electron chi connectivity index (χ2n) is 8.66. The summed E-state index contributed by atoms with van der Waals surface area (Å²) in [4.78, 5) is 31.8. The summed E-state index contributed by atoms with van der Waals surface area (Å²) in [6.45, 7) is 5.38. The van der Waals surface area contributed by atoms with Crippen molar-refractivity contribution in [3.05, 3.63) is 59.2 Å². The molecule has 2 amide bonds. The van der Waals surface area contributed by atoms with Crippen molar-refractivity contribution in [1.82, 2.24) is 4.90 Å². The van der Waals surface area contributed by atoms with Crippen LogP contribution in [0.3, 0.4) is 0 Å². The van der Waals surface area contributed by atoms with Crippen LogP contribution in [0.25, 0.3) is 0 Å². The lowest BCUT2D eigenvalue weighted by Crippen LogP contribution is -2.36. The Morgan fingerprint density at radius 1 is 1.12 bits per heavy atom. The number of rotatable bonds is 4. The van der Waals surface area contributed by atoms with Gasteiger partial charge in [-0.2, -0.15) is 5.26 Å². The molecule has 32 heavy (non-hydrogen) atoms. The van der Waals surface area contributed by atoms with E-state index in [0.717, 1.165) is 45.0 Å². The maximum absolute atomic E-state index is 13.3. The molecule has 2 saturated heterocycles. The Morgan fingerprint density at radius 3 is 2.78 bits per heavy atom. The van der Waals surface area contributed by atoms with Crippen molar-refractivity contribution < 1.29 is 14.3 Å². The number of hydrogen-bond donors (Lipinski definition) is 0. The molecule has 1 unspecified atom stereocenters. The minimum Gasteiger partial charge on any atom is -0.379 e. The van der Waals surface area contributed by atoms with Crippen LogP contribution in [-0.2, 0) is 27.3 Å². The third-order valence-corrected chi connectivity index (χ3v) is 6.58. The Labute approximate surface area is 187 Å². The number of fused-ring (bicyclic) bond motifs is 1. The van der Waals surface area contributed by atoms with Gasteiger partial charge in [0, 0.05) is 50.5 Å². The van der Waals surface area contributed by atoms with E-state index in [1.807, 2.05) is 11.0 Å². The molecule has 7 nitrogen and oxygen atoms in total. The number of nitrogens with zero attached hydrogens (tertiary/aromatic N) is 4. The van der Waals surface area contributed by atoms with Crippen LogP contribution in [0.15, 0.2) is 42.5 Å². The molecule has 5 rings (SSSR count). The fraction of sp³-hybridized carbons (Fsp3) is 0.400. The Kier molecular flexibility index (Phi) is 5.64. The van der Waals surface area contributed by atoms with Crippen molar-refractivity contribution in [3.8, 4) is 6.07 Å². The van der Waals surface area contributed by atoms with Gasteiger partial charge in [0.05, 0.1) is 30.8 Å². The van der Waals surface area contributed by atoms with E-state index in [4.69, 9.17) is 10.00 Å². The van der Waals surface area contributed by atoms with Crippen LogP contribution in [0.2, 0.25) is 0 Å². The van der Waals surface area contributed by atoms with Crippen molar-refractivity contribution >= 4 is 23.2 Å². The van der Waals surface area contributed by atoms with E-state index in [9.17, 15) is 9.59 Å². The highest BCUT2D eigenvalue weighted by Gasteiger charge is 2.39. The molecule has 0 saturated carbocycles. The van der Waals surface area contributed by atoms with Crippen LogP contribution in [0.1, 0.15) is 23.1 Å². The van der Waals surface area contributed by atoms with E-state index in [2.05, 4.69) is 29.2 Å². The fourth-order valence-electron chi connectivity index (χ4n) is 4.89. The zero-order chi connectivity index (χ0) is 22.1. The molecule has 164 valence electrons. The second-order valence-corrected chi connectivity index (χ2v) is 8.66. The summed E-state index contributed by atoms with van der Waals surface area (Å²) in [5.41, 5.74) is 4.62. The Hall–Kier alpha value is -3.21. The second kappa shape index (κ2) is 8.73. The third kappa shape index (κ3) is 3.99. The molecule has 7 heteroatoms. The first-order valence-electron chi connectivity index (χ1n) is 11.2. The molecule has 3 aliphatic heterocycles. The number of carbonyl (C=O) groups is 2. The Balaban J connectivity index is 1.28. The van der Waals surface area contributed by atoms with Gasteiger partial charge < -0.3 is 14.5 Å². The molecule has 0 aliphatic carbocycles. The Morgan fingerprint density at radius 2 is 1.97 bits per heavy atom. The zero-order valence-electron chi connectivity index (χ0n) is 18.0. The zero-order valence-corrected chi connectivity index (χ0v) is 18.0. The van der Waals surface area contributed by atoms with E-state index in [-0.39, 0.29) is 24.2 Å². The molecule has 0 radical (unpaired) electrons. The lowest BCUT2D eigenvalue weighted by atomic mass is 10.1. The maximum atomic E-state index is 13.3. The van der Waals surface area contributed by atoms with Gasteiger partial charge in [0.2, 0.25) is 11.8 Å². The third-order valence-electron chi connectivity index (χ3n) is 6.58. The topological polar surface area (TPSA) is 76.9 Å². The number of nitriles is 1. The predicted octanol–water partition coefficient (Wildman–Crippen LogP) is 2.33. The monoisotopic (exact) mass is 430 g/mol. The van der Waals surface area contributed by atoms with Crippen LogP contribution in [0, 0.1) is 17.2 Å². The van der Waals surface area contributed by atoms with E-state index >= 15 is 0 Å². The number of ether oxygens (including phenoxy) is 1. The highest BCUT2D eigenvalue weighted by atomic mass is 16.5. The lowest BCUT2D eigenvalue weighted by Gasteiger charge is -2.27. The number of hydrogen-bond acceptors (Lipinski definition) is 5. The lowest BCUT2D eigenvalue weighted by molar-refractivity contribution is -0.124. The molecule has 3 heterocycles. The summed E-state index contributed by atoms with van der Waals surface area (Å²) in [6, 6.07) is 15.5. The first-order valence-corrected chi connectivity index (χ1v) is 11.2. The standard InChI is InChI=1S/C25H26N4O3/c26-15-18-2-1-3-22(13-18)29-17-21(14-24(29)30)25(31)28-7-6-20-12-19(4-5-23(20)28)16-27-8-10-32-11-9-27/h1-5,12-13,21H,6-11,14,16-17H2. The Bertz CT molecular complexity index is 1090. The predicted molar refractivity (Wildman–Crippen MR) is 120 cm³/mol. The molecule has 2 aromatic carbocycles. The number of morpholine rings is 1. The maximum Gasteiger partial charge on any atom is 0.232 e. The molecular weight excluding hydrogens is 404 g/mol. The summed E-state index contributed by atoms with van der Waals surface area (Å²) in [5.74, 6) is -0.428. The summed E-state index contributed by atoms with van der Waals surface area (Å²) in [6.07, 6.45) is 1.04. The SMILES string of the molecule is N#Cc1cccc(N2CC(C(=O)N3CCc4cc(CN5CCOCC5)ccc43)CC2=O)c1. The van der Waals surface area contributed by atoms with Crippen molar-refractivity contribution in [2.75, 3.05) is 49.2 Å². The van der Waals surface area contributed by atoms with Gasteiger partial charge >= 0.3 is 0 Å². The van der Waals surface area contributed by atoms with Gasteiger partial charge in [0.1, 0.15) is 0 Å². The summed E-state index contributed by atoms with van der Waals surface area (Å²) < 4.78 is 5.43. The normalized spacial score (nSPS) is 21.0. The van der Waals surface area contributed by atoms with Gasteiger partial charge in [-0.1, -0.05) is 18.2 Å². The van der Waals surface area contributed by atoms with Crippen molar-refractivity contribution in [1.29, 1.82) is 5.26 Å². The molecule has 0 N–H and O–H groups in total. The van der Waals surface area contributed by atoms with Crippen LogP contribution in [0.5, 0.6) is 0 Å². The molecular formula is C25H26N4O3. The molecule has 3 aliphatic rings. The number of amides is 2. The molecule has 0 aromatic heterocycles. The molecule has 0 spiro atoms. The minimum absolute atomic E-state index is 0.0111. The summed E-state index contributed by atoms with van der Waals surface area (Å²) >= 11 is 0. The van der Waals surface area contributed by atoms with Crippen LogP contribution < -0.4 is 9.80 Å². The number of carbonyl (C=O) groups excluding carboxylic acids is 2. The largest absolute Gasteiger partial charge is 0.379 e. The van der Waals surface area contributed by atoms with Gasteiger partial charge in [0.25, 0.3) is 0 Å². The van der Waals surface area contributed by atoms with Crippen molar-refractivity contribution in [3.63, 3.8) is 0 Å². The van der Waals surface area contributed by atoms with E-state index in [1.54, 1.807) is 23.1 Å². The van der Waals surface area contributed by atoms with E-state index in [1.165, 1.54) is 11.1 Å². The van der Waals surface area contributed by atoms with Gasteiger partial charge in [-0.15, -0.1) is 0 Å². The van der Waals surface area contributed by atoms with Gasteiger partial charge in [0.15, 0.2) is 0 Å². The van der Waals surface area contributed by atoms with Crippen molar-refractivity contribution in [2.24, 2.45) is 5.92 Å².